The molecule has 0 aliphatic carbocycles. The largest absolute Gasteiger partial charge is 0.363 e. The number of aromatic amines is 1. The molecule has 0 saturated heterocycles. The molecule has 0 aliphatic heterocycles. The van der Waals surface area contributed by atoms with Gasteiger partial charge >= 0.3 is 0 Å². The highest BCUT2D eigenvalue weighted by atomic mass is 19.1. The summed E-state index contributed by atoms with van der Waals surface area (Å²) in [6, 6.07) is 3.66. The molecule has 1 aromatic carbocycles. The smallest absolute Gasteiger partial charge is 0.128 e. The van der Waals surface area contributed by atoms with Crippen LogP contribution in [0, 0.1) is 11.6 Å². The molecule has 0 saturated carbocycles. The number of nitrogens with one attached hydrogen (secondary N) is 1. The number of hydrogen-bond acceptors (Lipinski definition) is 2. The average Bonchev–Trinajstić information content (AvgIpc) is 2.76. The van der Waals surface area contributed by atoms with Crippen LogP contribution in [0.5, 0.6) is 0 Å². The molecule has 2 aromatic rings. The summed E-state index contributed by atoms with van der Waals surface area (Å²) in [7, 11) is 0. The summed E-state index contributed by atoms with van der Waals surface area (Å²) in [4.78, 5) is 8.82. The Labute approximate surface area is 104 Å². The Bertz CT molecular complexity index is 489. The van der Waals surface area contributed by atoms with E-state index in [9.17, 15) is 8.78 Å². The molecule has 1 aromatic heterocycles. The highest BCUT2D eigenvalue weighted by Crippen LogP contribution is 2.22. The molecule has 0 unspecified atom stereocenters. The molecule has 3 nitrogen and oxygen atoms in total. The normalized spacial score (nSPS) is 10.9. The Morgan fingerprint density at radius 3 is 2.39 bits per heavy atom. The van der Waals surface area contributed by atoms with Crippen LogP contribution in [0.25, 0.3) is 0 Å². The summed E-state index contributed by atoms with van der Waals surface area (Å²) >= 11 is 0. The third-order valence-electron chi connectivity index (χ3n) is 2.70. The van der Waals surface area contributed by atoms with Gasteiger partial charge in [-0.1, -0.05) is 0 Å². The second-order valence-corrected chi connectivity index (χ2v) is 4.43. The minimum atomic E-state index is -0.569. The lowest BCUT2D eigenvalue weighted by molar-refractivity contribution is 0.578. The monoisotopic (exact) mass is 251 g/mol. The van der Waals surface area contributed by atoms with E-state index in [1.54, 1.807) is 12.5 Å². The van der Waals surface area contributed by atoms with Gasteiger partial charge in [-0.2, -0.15) is 0 Å². The molecule has 18 heavy (non-hydrogen) atoms. The van der Waals surface area contributed by atoms with E-state index in [4.69, 9.17) is 0 Å². The van der Waals surface area contributed by atoms with Crippen LogP contribution in [-0.2, 0) is 6.54 Å². The highest BCUT2D eigenvalue weighted by Gasteiger charge is 2.14. The van der Waals surface area contributed by atoms with Gasteiger partial charge < -0.3 is 9.88 Å². The third kappa shape index (κ3) is 2.85. The molecule has 0 fully saturated rings. The van der Waals surface area contributed by atoms with E-state index >= 15 is 0 Å². The molecule has 5 heteroatoms. The number of aromatic nitrogens is 2. The zero-order chi connectivity index (χ0) is 13.1. The number of imidazole rings is 1. The molecule has 0 bridgehead atoms. The average molecular weight is 251 g/mol. The van der Waals surface area contributed by atoms with Crippen molar-refractivity contribution >= 4 is 5.69 Å². The Morgan fingerprint density at radius 2 is 1.89 bits per heavy atom. The summed E-state index contributed by atoms with van der Waals surface area (Å²) in [5.41, 5.74) is 1.42. The Morgan fingerprint density at radius 1 is 1.22 bits per heavy atom. The van der Waals surface area contributed by atoms with Gasteiger partial charge in [-0.15, -0.1) is 0 Å². The number of halogens is 2. The fourth-order valence-corrected chi connectivity index (χ4v) is 1.83. The third-order valence-corrected chi connectivity index (χ3v) is 2.70. The van der Waals surface area contributed by atoms with Crippen molar-refractivity contribution in [3.8, 4) is 0 Å². The van der Waals surface area contributed by atoms with Gasteiger partial charge in [0.2, 0.25) is 0 Å². The zero-order valence-electron chi connectivity index (χ0n) is 10.3. The first-order chi connectivity index (χ1) is 8.56. The van der Waals surface area contributed by atoms with Crippen LogP contribution in [-0.4, -0.2) is 16.0 Å². The molecular formula is C13H15F2N3. The van der Waals surface area contributed by atoms with Crippen molar-refractivity contribution in [2.24, 2.45) is 0 Å². The summed E-state index contributed by atoms with van der Waals surface area (Å²) in [6.45, 7) is 4.47. The lowest BCUT2D eigenvalue weighted by Gasteiger charge is -2.28. The molecule has 1 heterocycles. The van der Waals surface area contributed by atoms with Gasteiger partial charge in [-0.05, 0) is 26.0 Å². The Kier molecular flexibility index (Phi) is 3.60. The molecule has 2 rings (SSSR count). The zero-order valence-corrected chi connectivity index (χ0v) is 10.3. The van der Waals surface area contributed by atoms with E-state index in [0.717, 1.165) is 11.8 Å². The predicted molar refractivity (Wildman–Crippen MR) is 66.3 cm³/mol. The first-order valence-electron chi connectivity index (χ1n) is 5.76. The van der Waals surface area contributed by atoms with Gasteiger partial charge in [0.05, 0.1) is 18.6 Å². The molecule has 0 spiro atoms. The van der Waals surface area contributed by atoms with Crippen molar-refractivity contribution in [2.45, 2.75) is 26.4 Å². The minimum absolute atomic E-state index is 0.120. The fourth-order valence-electron chi connectivity index (χ4n) is 1.83. The van der Waals surface area contributed by atoms with E-state index < -0.39 is 11.6 Å². The van der Waals surface area contributed by atoms with Crippen molar-refractivity contribution in [3.63, 3.8) is 0 Å². The van der Waals surface area contributed by atoms with Crippen LogP contribution < -0.4 is 4.90 Å². The van der Waals surface area contributed by atoms with E-state index in [-0.39, 0.29) is 6.04 Å². The van der Waals surface area contributed by atoms with Gasteiger partial charge in [0, 0.05) is 24.0 Å². The van der Waals surface area contributed by atoms with E-state index in [1.165, 1.54) is 12.1 Å². The van der Waals surface area contributed by atoms with Crippen LogP contribution in [0.15, 0.2) is 30.7 Å². The Hall–Kier alpha value is -1.91. The van der Waals surface area contributed by atoms with Gasteiger partial charge in [0.1, 0.15) is 11.6 Å². The van der Waals surface area contributed by atoms with E-state index in [0.29, 0.717) is 12.2 Å². The van der Waals surface area contributed by atoms with Crippen molar-refractivity contribution in [3.05, 3.63) is 48.1 Å². The molecular weight excluding hydrogens is 236 g/mol. The second kappa shape index (κ2) is 5.16. The van der Waals surface area contributed by atoms with Crippen LogP contribution >= 0.6 is 0 Å². The first-order valence-corrected chi connectivity index (χ1v) is 5.76. The van der Waals surface area contributed by atoms with Crippen molar-refractivity contribution < 1.29 is 8.78 Å². The molecule has 1 N–H and O–H groups in total. The molecule has 0 amide bonds. The van der Waals surface area contributed by atoms with E-state index in [1.807, 2.05) is 18.7 Å². The lowest BCUT2D eigenvalue weighted by Crippen LogP contribution is -2.30. The number of anilines is 1. The Balaban J connectivity index is 2.29. The number of hydrogen-bond donors (Lipinski definition) is 1. The minimum Gasteiger partial charge on any atom is -0.363 e. The summed E-state index contributed by atoms with van der Waals surface area (Å²) in [6.07, 6.45) is 3.28. The quantitative estimate of drug-likeness (QED) is 0.905. The molecule has 96 valence electrons. The van der Waals surface area contributed by atoms with Crippen molar-refractivity contribution in [1.29, 1.82) is 0 Å². The van der Waals surface area contributed by atoms with Crippen molar-refractivity contribution in [2.75, 3.05) is 4.90 Å². The highest BCUT2D eigenvalue weighted by molar-refractivity contribution is 5.48. The van der Waals surface area contributed by atoms with E-state index in [2.05, 4.69) is 9.97 Å². The number of benzene rings is 1. The van der Waals surface area contributed by atoms with Crippen LogP contribution in [0.1, 0.15) is 19.5 Å². The summed E-state index contributed by atoms with van der Waals surface area (Å²) in [5.74, 6) is -1.14. The van der Waals surface area contributed by atoms with Crippen molar-refractivity contribution in [1.82, 2.24) is 9.97 Å². The maximum Gasteiger partial charge on any atom is 0.128 e. The molecule has 0 aliphatic rings. The topological polar surface area (TPSA) is 31.9 Å². The molecule has 0 atom stereocenters. The van der Waals surface area contributed by atoms with Crippen LogP contribution in [0.4, 0.5) is 14.5 Å². The van der Waals surface area contributed by atoms with Gasteiger partial charge in [0.25, 0.3) is 0 Å². The number of rotatable bonds is 4. The van der Waals surface area contributed by atoms with Crippen LogP contribution in [0.3, 0.4) is 0 Å². The fraction of sp³-hybridized carbons (Fsp3) is 0.308. The van der Waals surface area contributed by atoms with Gasteiger partial charge in [-0.3, -0.25) is 0 Å². The SMILES string of the molecule is CC(C)N(Cc1cnc[nH]1)c1cc(F)cc(F)c1. The second-order valence-electron chi connectivity index (χ2n) is 4.43. The maximum atomic E-state index is 13.2. The summed E-state index contributed by atoms with van der Waals surface area (Å²) in [5, 5.41) is 0. The first kappa shape index (κ1) is 12.5. The number of H-pyrrole nitrogens is 1. The maximum absolute atomic E-state index is 13.2. The van der Waals surface area contributed by atoms with Gasteiger partial charge in [-0.25, -0.2) is 13.8 Å². The summed E-state index contributed by atoms with van der Waals surface area (Å²) < 4.78 is 26.5. The standard InChI is InChI=1S/C13H15F2N3/c1-9(2)18(7-12-6-16-8-17-12)13-4-10(14)3-11(15)5-13/h3-6,8-9H,7H2,1-2H3,(H,16,17). The van der Waals surface area contributed by atoms with Crippen LogP contribution in [0.2, 0.25) is 0 Å². The van der Waals surface area contributed by atoms with Gasteiger partial charge in [0.15, 0.2) is 0 Å². The predicted octanol–water partition coefficient (Wildman–Crippen LogP) is 3.10. The number of nitrogens with zero attached hydrogens (tertiary/aromatic N) is 2. The molecule has 0 radical (unpaired) electrons. The lowest BCUT2D eigenvalue weighted by atomic mass is 10.2.